The quantitative estimate of drug-likeness (QED) is 0.452. The zero-order valence-electron chi connectivity index (χ0n) is 15.7. The number of likely N-dealkylation sites (N-methyl/N-ethyl adjacent to an activating group) is 1. The minimum Gasteiger partial charge on any atom is -0.387 e. The summed E-state index contributed by atoms with van der Waals surface area (Å²) in [5, 5.41) is 27.2. The van der Waals surface area contributed by atoms with Crippen molar-refractivity contribution in [2.75, 3.05) is 12.4 Å². The summed E-state index contributed by atoms with van der Waals surface area (Å²) in [5.74, 6) is -0.0867. The number of fused-ring (bicyclic) bond motifs is 1. The predicted molar refractivity (Wildman–Crippen MR) is 109 cm³/mol. The van der Waals surface area contributed by atoms with E-state index in [0.29, 0.717) is 33.6 Å². The molecule has 2 aromatic heterocycles. The summed E-state index contributed by atoms with van der Waals surface area (Å²) >= 11 is 12.1. The minimum atomic E-state index is -1.39. The Balaban J connectivity index is 1.60. The van der Waals surface area contributed by atoms with Crippen LogP contribution in [0.2, 0.25) is 10.0 Å². The minimum absolute atomic E-state index is 0.366. The largest absolute Gasteiger partial charge is 0.387 e. The normalized spacial score (nSPS) is 23.6. The highest BCUT2D eigenvalue weighted by atomic mass is 35.5. The van der Waals surface area contributed by atoms with E-state index in [0.717, 1.165) is 5.56 Å². The molecule has 1 aliphatic rings. The van der Waals surface area contributed by atoms with Gasteiger partial charge in [-0.3, -0.25) is 9.36 Å². The van der Waals surface area contributed by atoms with Gasteiger partial charge in [-0.05, 0) is 23.8 Å². The lowest BCUT2D eigenvalue weighted by Crippen LogP contribution is -2.41. The number of anilines is 1. The molecular formula is C18H18Cl2N6O4. The third-order valence-corrected chi connectivity index (χ3v) is 5.19. The number of carbonyl (C=O) groups is 1. The fourth-order valence-corrected chi connectivity index (χ4v) is 3.89. The molecule has 1 saturated heterocycles. The van der Waals surface area contributed by atoms with Gasteiger partial charge in [0.25, 0.3) is 5.91 Å². The Morgan fingerprint density at radius 1 is 1.17 bits per heavy atom. The van der Waals surface area contributed by atoms with E-state index in [4.69, 9.17) is 27.9 Å². The molecule has 1 aromatic carbocycles. The molecule has 12 heteroatoms. The maximum absolute atomic E-state index is 11.9. The second kappa shape index (κ2) is 8.32. The number of rotatable bonds is 5. The van der Waals surface area contributed by atoms with E-state index >= 15 is 0 Å². The van der Waals surface area contributed by atoms with Crippen molar-refractivity contribution in [2.45, 2.75) is 31.1 Å². The van der Waals surface area contributed by atoms with Crippen molar-refractivity contribution >= 4 is 46.1 Å². The van der Waals surface area contributed by atoms with Crippen molar-refractivity contribution in [3.8, 4) is 0 Å². The summed E-state index contributed by atoms with van der Waals surface area (Å²) in [5.41, 5.74) is 1.65. The van der Waals surface area contributed by atoms with Gasteiger partial charge in [-0.1, -0.05) is 23.2 Å². The molecule has 0 spiro atoms. The van der Waals surface area contributed by atoms with Gasteiger partial charge < -0.3 is 25.6 Å². The van der Waals surface area contributed by atoms with E-state index < -0.39 is 30.4 Å². The summed E-state index contributed by atoms with van der Waals surface area (Å²) in [7, 11) is 1.42. The standard InChI is InChI=1S/C18H18Cl2N6O4/c1-21-17(29)14-12(27)13(28)18(30-14)26-7-25-11-15(23-6-24-16(11)26)22-5-8-2-9(19)4-10(20)3-8/h2-4,6-7,12-14,18,27-28H,5H2,1H3,(H,21,29)(H,22,23,24)/t12-,13+,14-,18+/m0/s1. The van der Waals surface area contributed by atoms with Gasteiger partial charge in [0.1, 0.15) is 18.5 Å². The first-order chi connectivity index (χ1) is 14.4. The Bertz CT molecular complexity index is 1070. The van der Waals surface area contributed by atoms with Gasteiger partial charge in [-0.25, -0.2) is 15.0 Å². The number of nitrogens with zero attached hydrogens (tertiary/aromatic N) is 4. The van der Waals surface area contributed by atoms with Crippen LogP contribution in [0.4, 0.5) is 5.82 Å². The molecule has 30 heavy (non-hydrogen) atoms. The molecule has 158 valence electrons. The Hall–Kier alpha value is -2.50. The van der Waals surface area contributed by atoms with Crippen LogP contribution in [-0.2, 0) is 16.1 Å². The smallest absolute Gasteiger partial charge is 0.251 e. The number of halogens is 2. The molecular weight excluding hydrogens is 435 g/mol. The van der Waals surface area contributed by atoms with Crippen molar-refractivity contribution in [1.82, 2.24) is 24.8 Å². The van der Waals surface area contributed by atoms with Crippen LogP contribution in [-0.4, -0.2) is 61.0 Å². The SMILES string of the molecule is CNC(=O)[C@H]1O[C@@H](n2cnc3c(NCc4cc(Cl)cc(Cl)c4)ncnc32)[C@H](O)[C@@H]1O. The van der Waals surface area contributed by atoms with Gasteiger partial charge in [0.05, 0.1) is 6.33 Å². The molecule has 10 nitrogen and oxygen atoms in total. The Kier molecular flexibility index (Phi) is 5.76. The Morgan fingerprint density at radius 2 is 1.90 bits per heavy atom. The monoisotopic (exact) mass is 452 g/mol. The molecule has 3 aromatic rings. The third kappa shape index (κ3) is 3.80. The van der Waals surface area contributed by atoms with Crippen LogP contribution in [0.15, 0.2) is 30.9 Å². The number of aliphatic hydroxyl groups is 2. The summed E-state index contributed by atoms with van der Waals surface area (Å²) in [4.78, 5) is 24.6. The van der Waals surface area contributed by atoms with Crippen LogP contribution in [0, 0.1) is 0 Å². The lowest BCUT2D eigenvalue weighted by atomic mass is 10.1. The van der Waals surface area contributed by atoms with Crippen molar-refractivity contribution in [3.63, 3.8) is 0 Å². The van der Waals surface area contributed by atoms with E-state index in [9.17, 15) is 15.0 Å². The van der Waals surface area contributed by atoms with Gasteiger partial charge in [-0.2, -0.15) is 0 Å². The Labute approximate surface area is 180 Å². The number of aliphatic hydroxyl groups excluding tert-OH is 2. The highest BCUT2D eigenvalue weighted by Crippen LogP contribution is 2.32. The van der Waals surface area contributed by atoms with Crippen LogP contribution in [0.1, 0.15) is 11.8 Å². The van der Waals surface area contributed by atoms with Gasteiger partial charge in [0.2, 0.25) is 0 Å². The number of amides is 1. The Morgan fingerprint density at radius 3 is 2.60 bits per heavy atom. The predicted octanol–water partition coefficient (Wildman–Crippen LogP) is 1.11. The average molecular weight is 453 g/mol. The summed E-state index contributed by atoms with van der Waals surface area (Å²) in [6.45, 7) is 0.388. The number of ether oxygens (including phenoxy) is 1. The van der Waals surface area contributed by atoms with Crippen molar-refractivity contribution in [1.29, 1.82) is 0 Å². The molecule has 0 radical (unpaired) electrons. The van der Waals surface area contributed by atoms with E-state index in [1.165, 1.54) is 24.3 Å². The molecule has 4 rings (SSSR count). The number of hydrogen-bond acceptors (Lipinski definition) is 8. The van der Waals surface area contributed by atoms with Crippen molar-refractivity contribution in [3.05, 3.63) is 46.5 Å². The molecule has 4 N–H and O–H groups in total. The van der Waals surface area contributed by atoms with Crippen molar-refractivity contribution < 1.29 is 19.7 Å². The fourth-order valence-electron chi connectivity index (χ4n) is 3.31. The van der Waals surface area contributed by atoms with Crippen LogP contribution in [0.25, 0.3) is 11.2 Å². The van der Waals surface area contributed by atoms with E-state index in [1.54, 1.807) is 18.2 Å². The molecule has 1 aliphatic heterocycles. The van der Waals surface area contributed by atoms with Gasteiger partial charge in [-0.15, -0.1) is 0 Å². The average Bonchev–Trinajstić information content (AvgIpc) is 3.27. The first kappa shape index (κ1) is 20.8. The molecule has 1 amide bonds. The summed E-state index contributed by atoms with van der Waals surface area (Å²) in [6.07, 6.45) is -2.24. The van der Waals surface area contributed by atoms with Crippen molar-refractivity contribution in [2.24, 2.45) is 0 Å². The van der Waals surface area contributed by atoms with E-state index in [-0.39, 0.29) is 0 Å². The number of aromatic nitrogens is 4. The van der Waals surface area contributed by atoms with Crippen LogP contribution >= 0.6 is 23.2 Å². The fraction of sp³-hybridized carbons (Fsp3) is 0.333. The highest BCUT2D eigenvalue weighted by Gasteiger charge is 2.47. The first-order valence-electron chi connectivity index (χ1n) is 8.98. The molecule has 4 atom stereocenters. The second-order valence-corrected chi connectivity index (χ2v) is 7.59. The lowest BCUT2D eigenvalue weighted by molar-refractivity contribution is -0.137. The van der Waals surface area contributed by atoms with Gasteiger partial charge >= 0.3 is 0 Å². The zero-order valence-corrected chi connectivity index (χ0v) is 17.2. The molecule has 0 saturated carbocycles. The van der Waals surface area contributed by atoms with Crippen LogP contribution in [0.5, 0.6) is 0 Å². The molecule has 3 heterocycles. The third-order valence-electron chi connectivity index (χ3n) is 4.76. The first-order valence-corrected chi connectivity index (χ1v) is 9.74. The molecule has 0 bridgehead atoms. The summed E-state index contributed by atoms with van der Waals surface area (Å²) < 4.78 is 7.04. The van der Waals surface area contributed by atoms with E-state index in [2.05, 4.69) is 25.6 Å². The second-order valence-electron chi connectivity index (χ2n) is 6.72. The summed E-state index contributed by atoms with van der Waals surface area (Å²) in [6, 6.07) is 5.20. The maximum Gasteiger partial charge on any atom is 0.251 e. The number of benzene rings is 1. The number of carbonyl (C=O) groups excluding carboxylic acids is 1. The van der Waals surface area contributed by atoms with Crippen LogP contribution < -0.4 is 10.6 Å². The maximum atomic E-state index is 11.9. The number of hydrogen-bond donors (Lipinski definition) is 4. The number of nitrogens with one attached hydrogen (secondary N) is 2. The highest BCUT2D eigenvalue weighted by molar-refractivity contribution is 6.34. The van der Waals surface area contributed by atoms with Gasteiger partial charge in [0.15, 0.2) is 29.3 Å². The van der Waals surface area contributed by atoms with E-state index in [1.807, 2.05) is 0 Å². The molecule has 0 unspecified atom stereocenters. The lowest BCUT2D eigenvalue weighted by Gasteiger charge is -2.16. The molecule has 1 fully saturated rings. The topological polar surface area (TPSA) is 134 Å². The van der Waals surface area contributed by atoms with Crippen LogP contribution in [0.3, 0.4) is 0 Å². The molecule has 0 aliphatic carbocycles. The van der Waals surface area contributed by atoms with Gasteiger partial charge in [0, 0.05) is 23.6 Å². The number of imidazole rings is 1. The zero-order chi connectivity index (χ0) is 21.4.